The molecule has 5 nitrogen and oxygen atoms in total. The summed E-state index contributed by atoms with van der Waals surface area (Å²) in [5, 5.41) is 0.462. The highest BCUT2D eigenvalue weighted by atomic mass is 16.5. The van der Waals surface area contributed by atoms with Crippen LogP contribution in [0.4, 0.5) is 0 Å². The Bertz CT molecular complexity index is 1340. The molecule has 0 saturated carbocycles. The first-order valence-electron chi connectivity index (χ1n) is 10.7. The van der Waals surface area contributed by atoms with Crippen molar-refractivity contribution in [2.75, 3.05) is 7.11 Å². The van der Waals surface area contributed by atoms with Crippen molar-refractivity contribution >= 4 is 16.9 Å². The standard InChI is InChI=1S/C28H26O5/c1-28(2,3)21-15-13-19(14-16-21)25-26(24(29)22-7-5-6-8-23(22)33-25)32-17-18-9-11-20(12-10-18)27(30)31-4/h5-16H,17H2,1-4H3. The third kappa shape index (κ3) is 4.67. The minimum Gasteiger partial charge on any atom is -0.481 e. The molecule has 1 aromatic heterocycles. The zero-order valence-corrected chi connectivity index (χ0v) is 19.2. The third-order valence-electron chi connectivity index (χ3n) is 5.53. The van der Waals surface area contributed by atoms with Crippen LogP contribution >= 0.6 is 0 Å². The third-order valence-corrected chi connectivity index (χ3v) is 5.53. The largest absolute Gasteiger partial charge is 0.481 e. The van der Waals surface area contributed by atoms with Crippen LogP contribution in [-0.2, 0) is 16.8 Å². The van der Waals surface area contributed by atoms with Gasteiger partial charge in [-0.25, -0.2) is 4.79 Å². The molecule has 168 valence electrons. The molecule has 1 heterocycles. The van der Waals surface area contributed by atoms with Crippen molar-refractivity contribution in [3.05, 3.63) is 99.7 Å². The summed E-state index contributed by atoms with van der Waals surface area (Å²) in [4.78, 5) is 25.0. The fourth-order valence-electron chi connectivity index (χ4n) is 3.58. The van der Waals surface area contributed by atoms with Crippen molar-refractivity contribution in [1.82, 2.24) is 0 Å². The number of para-hydroxylation sites is 1. The van der Waals surface area contributed by atoms with Crippen LogP contribution in [0.5, 0.6) is 5.75 Å². The Kier molecular flexibility index (Phi) is 6.05. The van der Waals surface area contributed by atoms with E-state index >= 15 is 0 Å². The second kappa shape index (κ2) is 8.94. The monoisotopic (exact) mass is 442 g/mol. The average Bonchev–Trinajstić information content (AvgIpc) is 2.83. The lowest BCUT2D eigenvalue weighted by molar-refractivity contribution is 0.0600. The highest BCUT2D eigenvalue weighted by molar-refractivity contribution is 5.89. The van der Waals surface area contributed by atoms with Crippen LogP contribution in [0, 0.1) is 0 Å². The number of esters is 1. The summed E-state index contributed by atoms with van der Waals surface area (Å²) in [5.41, 5.74) is 3.50. The topological polar surface area (TPSA) is 65.7 Å². The Morgan fingerprint density at radius 1 is 0.909 bits per heavy atom. The Labute approximate surface area is 192 Å². The SMILES string of the molecule is COC(=O)c1ccc(COc2c(-c3ccc(C(C)(C)C)cc3)oc3ccccc3c2=O)cc1. The molecule has 33 heavy (non-hydrogen) atoms. The Morgan fingerprint density at radius 2 is 1.58 bits per heavy atom. The summed E-state index contributed by atoms with van der Waals surface area (Å²) in [6, 6.07) is 22.0. The normalized spacial score (nSPS) is 11.4. The first-order valence-corrected chi connectivity index (χ1v) is 10.7. The lowest BCUT2D eigenvalue weighted by atomic mass is 9.86. The van der Waals surface area contributed by atoms with Crippen molar-refractivity contribution < 1.29 is 18.7 Å². The minimum atomic E-state index is -0.404. The molecule has 0 radical (unpaired) electrons. The van der Waals surface area contributed by atoms with Gasteiger partial charge in [0, 0.05) is 5.56 Å². The molecule has 0 unspecified atom stereocenters. The molecule has 0 saturated heterocycles. The number of ether oxygens (including phenoxy) is 2. The number of carbonyl (C=O) groups is 1. The summed E-state index contributed by atoms with van der Waals surface area (Å²) >= 11 is 0. The van der Waals surface area contributed by atoms with Crippen LogP contribution in [0.2, 0.25) is 0 Å². The van der Waals surface area contributed by atoms with E-state index in [9.17, 15) is 9.59 Å². The molecule has 0 aliphatic rings. The predicted molar refractivity (Wildman–Crippen MR) is 129 cm³/mol. The molecule has 0 bridgehead atoms. The molecule has 4 rings (SSSR count). The molecule has 0 atom stereocenters. The van der Waals surface area contributed by atoms with Gasteiger partial charge in [0.15, 0.2) is 5.76 Å². The van der Waals surface area contributed by atoms with E-state index in [0.717, 1.165) is 11.1 Å². The van der Waals surface area contributed by atoms with Gasteiger partial charge in [-0.15, -0.1) is 0 Å². The number of hydrogen-bond acceptors (Lipinski definition) is 5. The summed E-state index contributed by atoms with van der Waals surface area (Å²) < 4.78 is 16.9. The Morgan fingerprint density at radius 3 is 2.21 bits per heavy atom. The number of fused-ring (bicyclic) bond motifs is 1. The van der Waals surface area contributed by atoms with Gasteiger partial charge < -0.3 is 13.9 Å². The summed E-state index contributed by atoms with van der Waals surface area (Å²) in [6.07, 6.45) is 0. The van der Waals surface area contributed by atoms with Crippen LogP contribution in [-0.4, -0.2) is 13.1 Å². The zero-order chi connectivity index (χ0) is 23.6. The predicted octanol–water partition coefficient (Wildman–Crippen LogP) is 6.12. The van der Waals surface area contributed by atoms with E-state index in [0.29, 0.717) is 22.3 Å². The van der Waals surface area contributed by atoms with E-state index in [4.69, 9.17) is 13.9 Å². The molecule has 0 fully saturated rings. The van der Waals surface area contributed by atoms with Crippen molar-refractivity contribution in [2.24, 2.45) is 0 Å². The second-order valence-corrected chi connectivity index (χ2v) is 8.89. The quantitative estimate of drug-likeness (QED) is 0.348. The number of hydrogen-bond donors (Lipinski definition) is 0. The van der Waals surface area contributed by atoms with Crippen LogP contribution in [0.1, 0.15) is 42.3 Å². The summed E-state index contributed by atoms with van der Waals surface area (Å²) in [6.45, 7) is 6.60. The number of carbonyl (C=O) groups excluding carboxylic acids is 1. The smallest absolute Gasteiger partial charge is 0.337 e. The van der Waals surface area contributed by atoms with Gasteiger partial charge in [-0.1, -0.05) is 69.3 Å². The van der Waals surface area contributed by atoms with E-state index in [1.807, 2.05) is 30.3 Å². The van der Waals surface area contributed by atoms with E-state index in [2.05, 4.69) is 20.8 Å². The van der Waals surface area contributed by atoms with E-state index in [-0.39, 0.29) is 23.2 Å². The molecular weight excluding hydrogens is 416 g/mol. The van der Waals surface area contributed by atoms with Gasteiger partial charge in [-0.2, -0.15) is 0 Å². The summed E-state index contributed by atoms with van der Waals surface area (Å²) in [7, 11) is 1.34. The van der Waals surface area contributed by atoms with Crippen LogP contribution in [0.15, 0.2) is 82.0 Å². The van der Waals surface area contributed by atoms with E-state index in [1.54, 1.807) is 42.5 Å². The highest BCUT2D eigenvalue weighted by Gasteiger charge is 2.19. The summed E-state index contributed by atoms with van der Waals surface area (Å²) in [5.74, 6) is 0.151. The van der Waals surface area contributed by atoms with Gasteiger partial charge in [0.25, 0.3) is 0 Å². The van der Waals surface area contributed by atoms with Crippen molar-refractivity contribution in [1.29, 1.82) is 0 Å². The van der Waals surface area contributed by atoms with E-state index in [1.165, 1.54) is 12.7 Å². The first-order chi connectivity index (χ1) is 15.8. The molecule has 0 aliphatic carbocycles. The van der Waals surface area contributed by atoms with E-state index < -0.39 is 5.97 Å². The maximum atomic E-state index is 13.3. The van der Waals surface area contributed by atoms with Gasteiger partial charge in [-0.3, -0.25) is 4.79 Å². The van der Waals surface area contributed by atoms with Crippen LogP contribution < -0.4 is 10.2 Å². The molecule has 0 spiro atoms. The highest BCUT2D eigenvalue weighted by Crippen LogP contribution is 2.33. The van der Waals surface area contributed by atoms with Crippen molar-refractivity contribution in [2.45, 2.75) is 32.8 Å². The van der Waals surface area contributed by atoms with Crippen molar-refractivity contribution in [3.63, 3.8) is 0 Å². The number of methoxy groups -OCH3 is 1. The average molecular weight is 443 g/mol. The maximum Gasteiger partial charge on any atom is 0.337 e. The van der Waals surface area contributed by atoms with Gasteiger partial charge in [0.2, 0.25) is 11.2 Å². The van der Waals surface area contributed by atoms with Gasteiger partial charge >= 0.3 is 5.97 Å². The zero-order valence-electron chi connectivity index (χ0n) is 19.2. The van der Waals surface area contributed by atoms with Crippen LogP contribution in [0.3, 0.4) is 0 Å². The van der Waals surface area contributed by atoms with Gasteiger partial charge in [0.05, 0.1) is 18.1 Å². The molecule has 0 N–H and O–H groups in total. The Balaban J connectivity index is 1.72. The molecule has 5 heteroatoms. The van der Waals surface area contributed by atoms with Gasteiger partial charge in [0.1, 0.15) is 12.2 Å². The van der Waals surface area contributed by atoms with Crippen molar-refractivity contribution in [3.8, 4) is 17.1 Å². The maximum absolute atomic E-state index is 13.3. The Hall–Kier alpha value is -3.86. The second-order valence-electron chi connectivity index (χ2n) is 8.89. The fourth-order valence-corrected chi connectivity index (χ4v) is 3.58. The first kappa shape index (κ1) is 22.3. The molecule has 4 aromatic rings. The minimum absolute atomic E-state index is 0.0123. The van der Waals surface area contributed by atoms with Crippen LogP contribution in [0.25, 0.3) is 22.3 Å². The molecule has 0 aliphatic heterocycles. The lowest BCUT2D eigenvalue weighted by Gasteiger charge is -2.19. The molecule has 0 amide bonds. The molecule has 3 aromatic carbocycles. The van der Waals surface area contributed by atoms with Gasteiger partial charge in [-0.05, 0) is 40.8 Å². The lowest BCUT2D eigenvalue weighted by Crippen LogP contribution is -2.11. The number of rotatable bonds is 5. The number of benzene rings is 3. The molecular formula is C28H26O5. The fraction of sp³-hybridized carbons (Fsp3) is 0.214.